The molecule has 0 bridgehead atoms. The lowest BCUT2D eigenvalue weighted by Gasteiger charge is -2.34. The molecule has 11 nitrogen and oxygen atoms in total. The van der Waals surface area contributed by atoms with E-state index in [2.05, 4.69) is 25.6 Å². The number of nitrogens with one attached hydrogen (secondary N) is 1. The third kappa shape index (κ3) is 6.72. The molecule has 1 aliphatic rings. The number of sulfonamides is 1. The van der Waals surface area contributed by atoms with Gasteiger partial charge in [-0.15, -0.1) is 5.10 Å². The van der Waals surface area contributed by atoms with Gasteiger partial charge in [-0.2, -0.15) is 4.31 Å². The highest BCUT2D eigenvalue weighted by Gasteiger charge is 2.40. The number of aromatic nitrogens is 5. The van der Waals surface area contributed by atoms with Crippen molar-refractivity contribution in [3.05, 3.63) is 95.3 Å². The molecular formula is C32H39N7O4S. The zero-order chi connectivity index (χ0) is 31.5. The lowest BCUT2D eigenvalue weighted by molar-refractivity contribution is -0.134. The van der Waals surface area contributed by atoms with Crippen LogP contribution in [0.15, 0.2) is 72.1 Å². The Hall–Kier alpha value is -4.00. The Labute approximate surface area is 258 Å². The average Bonchev–Trinajstić information content (AvgIpc) is 3.43. The minimum Gasteiger partial charge on any atom is -0.366 e. The van der Waals surface area contributed by atoms with E-state index in [9.17, 15) is 13.2 Å². The number of hydrogen-bond donors (Lipinski definition) is 1. The van der Waals surface area contributed by atoms with Crippen molar-refractivity contribution in [2.75, 3.05) is 11.9 Å². The molecule has 0 aliphatic carbocycles. The van der Waals surface area contributed by atoms with Crippen LogP contribution in [0.2, 0.25) is 0 Å². The molecule has 0 spiro atoms. The highest BCUT2D eigenvalue weighted by atomic mass is 32.2. The summed E-state index contributed by atoms with van der Waals surface area (Å²) in [6.45, 7) is 11.0. The van der Waals surface area contributed by atoms with Gasteiger partial charge in [-0.25, -0.2) is 8.42 Å². The number of anilines is 1. The van der Waals surface area contributed by atoms with Crippen LogP contribution in [0.1, 0.15) is 61.9 Å². The number of aryl methyl sites for hydroxylation is 2. The summed E-state index contributed by atoms with van der Waals surface area (Å²) in [5, 5.41) is 11.3. The minimum atomic E-state index is -3.77. The fraction of sp³-hybridized carbons (Fsp3) is 0.406. The van der Waals surface area contributed by atoms with E-state index < -0.39 is 21.5 Å². The molecule has 1 aliphatic heterocycles. The number of fused-ring (bicyclic) bond motifs is 1. The second-order valence-electron chi connectivity index (χ2n) is 11.9. The Kier molecular flexibility index (Phi) is 9.23. The second-order valence-corrected chi connectivity index (χ2v) is 13.8. The lowest BCUT2D eigenvalue weighted by atomic mass is 9.80. The van der Waals surface area contributed by atoms with Gasteiger partial charge in [-0.05, 0) is 81.0 Å². The van der Waals surface area contributed by atoms with Gasteiger partial charge in [-0.1, -0.05) is 30.3 Å². The van der Waals surface area contributed by atoms with E-state index >= 15 is 0 Å². The van der Waals surface area contributed by atoms with Crippen LogP contribution in [-0.4, -0.2) is 50.1 Å². The molecule has 1 aromatic carbocycles. The highest BCUT2D eigenvalue weighted by Crippen LogP contribution is 2.39. The SMILES string of the molecule is CCn1cc(COC(c2ccc(C)c(CN3C[C@@H](C)Cc4ncccc4S3(=O)=O)c2)C(C)(C)C(=O)Nc2cccnc2)nn1. The number of hydrogen-bond acceptors (Lipinski definition) is 8. The molecule has 12 heteroatoms. The van der Waals surface area contributed by atoms with Crippen LogP contribution in [0.25, 0.3) is 0 Å². The van der Waals surface area contributed by atoms with E-state index in [4.69, 9.17) is 4.74 Å². The van der Waals surface area contributed by atoms with Crippen LogP contribution in [0.3, 0.4) is 0 Å². The number of amides is 1. The molecular weight excluding hydrogens is 578 g/mol. The summed E-state index contributed by atoms with van der Waals surface area (Å²) in [6.07, 6.45) is 6.58. The average molecular weight is 618 g/mol. The van der Waals surface area contributed by atoms with E-state index in [1.807, 2.05) is 59.0 Å². The molecule has 1 amide bonds. The van der Waals surface area contributed by atoms with E-state index in [1.165, 1.54) is 4.31 Å². The number of nitrogens with zero attached hydrogens (tertiary/aromatic N) is 6. The smallest absolute Gasteiger partial charge is 0.245 e. The minimum absolute atomic E-state index is 0.0899. The largest absolute Gasteiger partial charge is 0.366 e. The lowest BCUT2D eigenvalue weighted by Crippen LogP contribution is -2.38. The molecule has 2 atom stereocenters. The number of carbonyl (C=O) groups excluding carboxylic acids is 1. The Morgan fingerprint density at radius 3 is 2.70 bits per heavy atom. The van der Waals surface area contributed by atoms with Crippen molar-refractivity contribution in [1.82, 2.24) is 29.3 Å². The first-order valence-electron chi connectivity index (χ1n) is 14.7. The predicted molar refractivity (Wildman–Crippen MR) is 166 cm³/mol. The van der Waals surface area contributed by atoms with E-state index in [-0.39, 0.29) is 29.9 Å². The highest BCUT2D eigenvalue weighted by molar-refractivity contribution is 7.89. The summed E-state index contributed by atoms with van der Waals surface area (Å²) in [4.78, 5) is 22.4. The first-order valence-corrected chi connectivity index (χ1v) is 16.2. The van der Waals surface area contributed by atoms with Crippen LogP contribution in [0, 0.1) is 18.3 Å². The van der Waals surface area contributed by atoms with Crippen molar-refractivity contribution in [1.29, 1.82) is 0 Å². The number of pyridine rings is 2. The van der Waals surface area contributed by atoms with Crippen LogP contribution in [-0.2, 0) is 45.7 Å². The topological polar surface area (TPSA) is 132 Å². The Morgan fingerprint density at radius 2 is 1.98 bits per heavy atom. The molecule has 4 heterocycles. The van der Waals surface area contributed by atoms with Crippen molar-refractivity contribution >= 4 is 21.6 Å². The molecule has 0 radical (unpaired) electrons. The van der Waals surface area contributed by atoms with Crippen LogP contribution in [0.5, 0.6) is 0 Å². The molecule has 232 valence electrons. The maximum Gasteiger partial charge on any atom is 0.245 e. The van der Waals surface area contributed by atoms with E-state index in [1.54, 1.807) is 47.5 Å². The second kappa shape index (κ2) is 12.9. The Balaban J connectivity index is 1.48. The van der Waals surface area contributed by atoms with Gasteiger partial charge < -0.3 is 10.1 Å². The van der Waals surface area contributed by atoms with Crippen molar-refractivity contribution in [3.63, 3.8) is 0 Å². The molecule has 44 heavy (non-hydrogen) atoms. The van der Waals surface area contributed by atoms with E-state index in [0.29, 0.717) is 36.6 Å². The molecule has 1 N–H and O–H groups in total. The van der Waals surface area contributed by atoms with Gasteiger partial charge in [0, 0.05) is 32.0 Å². The van der Waals surface area contributed by atoms with Crippen LogP contribution in [0.4, 0.5) is 5.69 Å². The fourth-order valence-corrected chi connectivity index (χ4v) is 7.17. The normalized spacial score (nSPS) is 17.4. The quantitative estimate of drug-likeness (QED) is 0.271. The molecule has 0 saturated heterocycles. The number of ether oxygens (including phenoxy) is 1. The fourth-order valence-electron chi connectivity index (χ4n) is 5.45. The zero-order valence-electron chi connectivity index (χ0n) is 25.8. The third-order valence-electron chi connectivity index (χ3n) is 8.01. The molecule has 0 fully saturated rings. The number of benzene rings is 1. The standard InChI is InChI=1S/C32H39N7O4S/c1-6-38-20-27(36-37-38)21-43-30(32(4,5)31(40)35-26-9-7-13-33-17-26)24-12-11-23(3)25(16-24)19-39-18-22(2)15-28-29(44(39,41)42)10-8-14-34-28/h7-14,16-17,20,22,30H,6,15,18-19,21H2,1-5H3,(H,35,40)/t22-,30?/m0/s1. The van der Waals surface area contributed by atoms with Crippen molar-refractivity contribution < 1.29 is 17.9 Å². The van der Waals surface area contributed by atoms with Gasteiger partial charge in [-0.3, -0.25) is 19.4 Å². The summed E-state index contributed by atoms with van der Waals surface area (Å²) in [7, 11) is -3.77. The van der Waals surface area contributed by atoms with Gasteiger partial charge in [0.25, 0.3) is 0 Å². The molecule has 5 rings (SSSR count). The van der Waals surface area contributed by atoms with Gasteiger partial charge in [0.2, 0.25) is 15.9 Å². The van der Waals surface area contributed by atoms with Crippen molar-refractivity contribution in [2.24, 2.45) is 11.3 Å². The van der Waals surface area contributed by atoms with Crippen LogP contribution >= 0.6 is 0 Å². The predicted octanol–water partition coefficient (Wildman–Crippen LogP) is 4.70. The summed E-state index contributed by atoms with van der Waals surface area (Å²) in [6, 6.07) is 12.7. The summed E-state index contributed by atoms with van der Waals surface area (Å²) >= 11 is 0. The van der Waals surface area contributed by atoms with Gasteiger partial charge >= 0.3 is 0 Å². The van der Waals surface area contributed by atoms with E-state index in [0.717, 1.165) is 16.7 Å². The number of rotatable bonds is 10. The number of carbonyl (C=O) groups is 1. The first kappa shape index (κ1) is 31.4. The summed E-state index contributed by atoms with van der Waals surface area (Å²) in [5.74, 6) is -0.157. The Morgan fingerprint density at radius 1 is 1.18 bits per heavy atom. The molecule has 1 unspecified atom stereocenters. The van der Waals surface area contributed by atoms with Gasteiger partial charge in [0.05, 0.1) is 41.9 Å². The molecule has 3 aromatic heterocycles. The van der Waals surface area contributed by atoms with Crippen LogP contribution < -0.4 is 5.32 Å². The maximum atomic E-state index is 13.8. The third-order valence-corrected chi connectivity index (χ3v) is 9.90. The summed E-state index contributed by atoms with van der Waals surface area (Å²) in [5.41, 5.74) is 3.30. The van der Waals surface area contributed by atoms with Crippen molar-refractivity contribution in [2.45, 2.75) is 71.7 Å². The molecule has 4 aromatic rings. The van der Waals surface area contributed by atoms with Crippen molar-refractivity contribution in [3.8, 4) is 0 Å². The summed E-state index contributed by atoms with van der Waals surface area (Å²) < 4.78 is 37.3. The van der Waals surface area contributed by atoms with Gasteiger partial charge in [0.15, 0.2) is 0 Å². The van der Waals surface area contributed by atoms with Gasteiger partial charge in [0.1, 0.15) is 10.6 Å². The Bertz CT molecular complexity index is 1720. The molecule has 0 saturated carbocycles. The first-order chi connectivity index (χ1) is 21.0. The monoisotopic (exact) mass is 617 g/mol. The maximum absolute atomic E-state index is 13.8. The zero-order valence-corrected chi connectivity index (χ0v) is 26.6.